The number of allylic oxidation sites excluding steroid dienone is 2. The van der Waals surface area contributed by atoms with Crippen molar-refractivity contribution < 1.29 is 20.1 Å². The second-order valence-electron chi connectivity index (χ2n) is 6.78. The Morgan fingerprint density at radius 3 is 2.58 bits per heavy atom. The highest BCUT2D eigenvalue weighted by Gasteiger charge is 2.18. The van der Waals surface area contributed by atoms with Crippen LogP contribution in [0, 0.1) is 0 Å². The number of phenols is 1. The normalized spacial score (nSPS) is 21.4. The predicted octanol–water partition coefficient (Wildman–Crippen LogP) is 3.06. The number of carbonyl (C=O) groups excluding carboxylic acids is 1. The van der Waals surface area contributed by atoms with Crippen LogP contribution in [0.3, 0.4) is 0 Å². The van der Waals surface area contributed by atoms with Crippen molar-refractivity contribution in [3.8, 4) is 5.75 Å². The summed E-state index contributed by atoms with van der Waals surface area (Å²) in [6, 6.07) is 6.82. The van der Waals surface area contributed by atoms with Gasteiger partial charge in [-0.05, 0) is 50.3 Å². The SMILES string of the molecule is CC1(O)C=CC(CCC(O)CC(=O)CCc2ccc(O)cc2)=CC1. The zero-order valence-corrected chi connectivity index (χ0v) is 14.1. The number of benzene rings is 1. The van der Waals surface area contributed by atoms with Crippen LogP contribution >= 0.6 is 0 Å². The van der Waals surface area contributed by atoms with Gasteiger partial charge in [0, 0.05) is 12.8 Å². The van der Waals surface area contributed by atoms with Crippen molar-refractivity contribution in [3.05, 3.63) is 53.6 Å². The van der Waals surface area contributed by atoms with Gasteiger partial charge in [0.05, 0.1) is 11.7 Å². The lowest BCUT2D eigenvalue weighted by molar-refractivity contribution is -0.120. The van der Waals surface area contributed by atoms with Gasteiger partial charge in [0.15, 0.2) is 0 Å². The summed E-state index contributed by atoms with van der Waals surface area (Å²) < 4.78 is 0. The maximum atomic E-state index is 12.0. The van der Waals surface area contributed by atoms with Gasteiger partial charge in [0.25, 0.3) is 0 Å². The average molecular weight is 330 g/mol. The van der Waals surface area contributed by atoms with Crippen molar-refractivity contribution in [1.29, 1.82) is 0 Å². The molecule has 2 atom stereocenters. The average Bonchev–Trinajstić information content (AvgIpc) is 2.53. The molecule has 24 heavy (non-hydrogen) atoms. The second kappa shape index (κ2) is 8.27. The van der Waals surface area contributed by atoms with E-state index in [0.29, 0.717) is 32.1 Å². The van der Waals surface area contributed by atoms with Crippen LogP contribution in [0.2, 0.25) is 0 Å². The Balaban J connectivity index is 1.67. The fourth-order valence-corrected chi connectivity index (χ4v) is 2.69. The Morgan fingerprint density at radius 2 is 1.96 bits per heavy atom. The Labute approximate surface area is 143 Å². The minimum absolute atomic E-state index is 0.0478. The first-order valence-electron chi connectivity index (χ1n) is 8.42. The van der Waals surface area contributed by atoms with E-state index >= 15 is 0 Å². The molecule has 2 unspecified atom stereocenters. The topological polar surface area (TPSA) is 77.8 Å². The summed E-state index contributed by atoms with van der Waals surface area (Å²) in [5, 5.41) is 29.1. The molecular weight excluding hydrogens is 304 g/mol. The van der Waals surface area contributed by atoms with Crippen LogP contribution in [0.4, 0.5) is 0 Å². The third-order valence-electron chi connectivity index (χ3n) is 4.29. The summed E-state index contributed by atoms with van der Waals surface area (Å²) >= 11 is 0. The molecule has 0 aliphatic heterocycles. The molecule has 0 saturated carbocycles. The largest absolute Gasteiger partial charge is 0.508 e. The summed E-state index contributed by atoms with van der Waals surface area (Å²) in [7, 11) is 0. The lowest BCUT2D eigenvalue weighted by Gasteiger charge is -2.21. The molecule has 0 aromatic heterocycles. The molecule has 2 rings (SSSR count). The summed E-state index contributed by atoms with van der Waals surface area (Å²) in [5.74, 6) is 0.264. The molecule has 4 heteroatoms. The first-order valence-corrected chi connectivity index (χ1v) is 8.42. The maximum Gasteiger partial charge on any atom is 0.135 e. The number of hydrogen-bond donors (Lipinski definition) is 3. The molecule has 130 valence electrons. The molecule has 0 spiro atoms. The molecule has 3 N–H and O–H groups in total. The minimum atomic E-state index is -0.772. The van der Waals surface area contributed by atoms with E-state index in [9.17, 15) is 20.1 Å². The van der Waals surface area contributed by atoms with Crippen molar-refractivity contribution in [2.75, 3.05) is 0 Å². The zero-order valence-electron chi connectivity index (χ0n) is 14.1. The number of rotatable bonds is 8. The Hall–Kier alpha value is -1.91. The highest BCUT2D eigenvalue weighted by Crippen LogP contribution is 2.23. The highest BCUT2D eigenvalue weighted by molar-refractivity contribution is 5.79. The van der Waals surface area contributed by atoms with Gasteiger partial charge < -0.3 is 15.3 Å². The fraction of sp³-hybridized carbons (Fsp3) is 0.450. The smallest absolute Gasteiger partial charge is 0.135 e. The quantitative estimate of drug-likeness (QED) is 0.684. The molecule has 1 aromatic carbocycles. The first kappa shape index (κ1) is 18.4. The van der Waals surface area contributed by atoms with Crippen LogP contribution in [0.25, 0.3) is 0 Å². The number of phenolic OH excluding ortho intramolecular Hbond substituents is 1. The van der Waals surface area contributed by atoms with Gasteiger partial charge in [-0.3, -0.25) is 4.79 Å². The molecule has 0 amide bonds. The van der Waals surface area contributed by atoms with Gasteiger partial charge in [-0.25, -0.2) is 0 Å². The van der Waals surface area contributed by atoms with E-state index in [1.807, 2.05) is 12.2 Å². The van der Waals surface area contributed by atoms with Gasteiger partial charge in [-0.1, -0.05) is 35.9 Å². The van der Waals surface area contributed by atoms with E-state index < -0.39 is 11.7 Å². The summed E-state index contributed by atoms with van der Waals surface area (Å²) in [5.41, 5.74) is 1.32. The minimum Gasteiger partial charge on any atom is -0.508 e. The van der Waals surface area contributed by atoms with Crippen LogP contribution in [0.1, 0.15) is 44.6 Å². The van der Waals surface area contributed by atoms with Crippen molar-refractivity contribution >= 4 is 5.78 Å². The molecular formula is C20H26O4. The molecule has 0 bridgehead atoms. The molecule has 1 aliphatic rings. The third kappa shape index (κ3) is 6.30. The molecule has 1 aromatic rings. The monoisotopic (exact) mass is 330 g/mol. The highest BCUT2D eigenvalue weighted by atomic mass is 16.3. The maximum absolute atomic E-state index is 12.0. The number of carbonyl (C=O) groups is 1. The summed E-state index contributed by atoms with van der Waals surface area (Å²) in [6.07, 6.45) is 8.05. The van der Waals surface area contributed by atoms with E-state index in [0.717, 1.165) is 11.1 Å². The molecule has 0 radical (unpaired) electrons. The van der Waals surface area contributed by atoms with Gasteiger partial charge in [0.1, 0.15) is 11.5 Å². The fourth-order valence-electron chi connectivity index (χ4n) is 2.69. The standard InChI is InChI=1S/C20H26O4/c1-20(24)12-10-16(11-13-20)5-9-19(23)14-18(22)8-4-15-2-6-17(21)7-3-15/h2-3,6-7,10-12,19,21,23-24H,4-5,8-9,13-14H2,1H3. The number of ketones is 1. The Morgan fingerprint density at radius 1 is 1.25 bits per heavy atom. The third-order valence-corrected chi connectivity index (χ3v) is 4.29. The van der Waals surface area contributed by atoms with Gasteiger partial charge in [-0.15, -0.1) is 0 Å². The summed E-state index contributed by atoms with van der Waals surface area (Å²) in [6.45, 7) is 1.76. The molecule has 0 heterocycles. The number of aliphatic hydroxyl groups excluding tert-OH is 1. The number of hydrogen-bond acceptors (Lipinski definition) is 4. The lowest BCUT2D eigenvalue weighted by atomic mass is 9.91. The first-order chi connectivity index (χ1) is 11.3. The van der Waals surface area contributed by atoms with Gasteiger partial charge in [0.2, 0.25) is 0 Å². The van der Waals surface area contributed by atoms with Crippen LogP contribution in [0.5, 0.6) is 5.75 Å². The van der Waals surface area contributed by atoms with E-state index in [1.54, 1.807) is 37.3 Å². The van der Waals surface area contributed by atoms with E-state index in [1.165, 1.54) is 0 Å². The van der Waals surface area contributed by atoms with E-state index in [2.05, 4.69) is 0 Å². The number of aryl methyl sites for hydroxylation is 1. The predicted molar refractivity (Wildman–Crippen MR) is 93.8 cm³/mol. The van der Waals surface area contributed by atoms with Crippen molar-refractivity contribution in [2.45, 2.75) is 57.2 Å². The Kier molecular flexibility index (Phi) is 6.35. The molecule has 1 aliphatic carbocycles. The summed E-state index contributed by atoms with van der Waals surface area (Å²) in [4.78, 5) is 12.0. The van der Waals surface area contributed by atoms with Crippen LogP contribution < -0.4 is 0 Å². The zero-order chi connectivity index (χ0) is 17.6. The van der Waals surface area contributed by atoms with Crippen LogP contribution in [-0.2, 0) is 11.2 Å². The molecule has 0 saturated heterocycles. The van der Waals surface area contributed by atoms with Gasteiger partial charge in [-0.2, -0.15) is 0 Å². The number of aromatic hydroxyl groups is 1. The van der Waals surface area contributed by atoms with Crippen molar-refractivity contribution in [1.82, 2.24) is 0 Å². The molecule has 0 fully saturated rings. The van der Waals surface area contributed by atoms with Crippen LogP contribution in [0.15, 0.2) is 48.1 Å². The van der Waals surface area contributed by atoms with Crippen LogP contribution in [-0.4, -0.2) is 32.8 Å². The van der Waals surface area contributed by atoms with E-state index in [-0.39, 0.29) is 18.0 Å². The number of Topliss-reactive ketones (excluding diaryl/α,β-unsaturated/α-hetero) is 1. The van der Waals surface area contributed by atoms with Crippen molar-refractivity contribution in [3.63, 3.8) is 0 Å². The number of aliphatic hydroxyl groups is 2. The second-order valence-corrected chi connectivity index (χ2v) is 6.78. The van der Waals surface area contributed by atoms with Gasteiger partial charge >= 0.3 is 0 Å². The Bertz CT molecular complexity index is 611. The molecule has 4 nitrogen and oxygen atoms in total. The lowest BCUT2D eigenvalue weighted by Crippen LogP contribution is -2.21. The van der Waals surface area contributed by atoms with E-state index in [4.69, 9.17) is 0 Å². The van der Waals surface area contributed by atoms with Crippen molar-refractivity contribution in [2.24, 2.45) is 0 Å².